The van der Waals surface area contributed by atoms with Crippen molar-refractivity contribution in [3.05, 3.63) is 59.2 Å². The summed E-state index contributed by atoms with van der Waals surface area (Å²) in [7, 11) is 0. The number of benzene rings is 2. The molecular weight excluding hydrogens is 396 g/mol. The van der Waals surface area contributed by atoms with Crippen molar-refractivity contribution in [2.45, 2.75) is 44.3 Å². The van der Waals surface area contributed by atoms with Gasteiger partial charge in [0, 0.05) is 37.6 Å². The molecule has 156 valence electrons. The fourth-order valence-electron chi connectivity index (χ4n) is 4.28. The normalized spacial score (nSPS) is 18.1. The molecule has 29 heavy (non-hydrogen) atoms. The average Bonchev–Trinajstić information content (AvgIpc) is 3.16. The Morgan fingerprint density at radius 1 is 1.03 bits per heavy atom. The summed E-state index contributed by atoms with van der Waals surface area (Å²) in [4.78, 5) is 3.82. The smallest absolute Gasteiger partial charge is 0.132 e. The van der Waals surface area contributed by atoms with Gasteiger partial charge in [-0.25, -0.2) is 0 Å². The van der Waals surface area contributed by atoms with E-state index in [-0.39, 0.29) is 0 Å². The van der Waals surface area contributed by atoms with Gasteiger partial charge in [0.05, 0.1) is 6.61 Å². The Labute approximate surface area is 184 Å². The Balaban J connectivity index is 1.35. The molecule has 2 aliphatic rings. The zero-order chi connectivity index (χ0) is 20.1. The average molecular weight is 429 g/mol. The summed E-state index contributed by atoms with van der Waals surface area (Å²) >= 11 is 3.76. The maximum absolute atomic E-state index is 6.31. The van der Waals surface area contributed by atoms with Crippen LogP contribution < -0.4 is 4.74 Å². The second kappa shape index (κ2) is 10.3. The summed E-state index contributed by atoms with van der Waals surface area (Å²) in [6.45, 7) is 8.54. The predicted octanol–water partition coefficient (Wildman–Crippen LogP) is 5.68. The van der Waals surface area contributed by atoms with Crippen LogP contribution in [0.15, 0.2) is 47.4 Å². The van der Waals surface area contributed by atoms with Crippen LogP contribution in [0, 0.1) is 5.92 Å². The van der Waals surface area contributed by atoms with Gasteiger partial charge in [0.15, 0.2) is 0 Å². The highest BCUT2D eigenvalue weighted by Gasteiger charge is 2.21. The summed E-state index contributed by atoms with van der Waals surface area (Å²) in [5.74, 6) is 2.82. The second-order valence-electron chi connectivity index (χ2n) is 7.99. The van der Waals surface area contributed by atoms with Crippen LogP contribution in [0.5, 0.6) is 5.75 Å². The lowest BCUT2D eigenvalue weighted by Crippen LogP contribution is -2.30. The van der Waals surface area contributed by atoms with E-state index >= 15 is 0 Å². The molecule has 3 nitrogen and oxygen atoms in total. The molecule has 0 aliphatic carbocycles. The summed E-state index contributed by atoms with van der Waals surface area (Å²) in [6, 6.07) is 15.6. The summed E-state index contributed by atoms with van der Waals surface area (Å²) in [5.41, 5.74) is 4.33. The Bertz CT molecular complexity index is 780. The number of hydrogen-bond acceptors (Lipinski definition) is 5. The van der Waals surface area contributed by atoms with Crippen LogP contribution in [-0.2, 0) is 19.6 Å². The van der Waals surface area contributed by atoms with E-state index in [2.05, 4.69) is 64.8 Å². The molecule has 0 amide bonds. The second-order valence-corrected chi connectivity index (χ2v) is 10.2. The number of thioether (sulfide) groups is 1. The Kier molecular flexibility index (Phi) is 7.46. The zero-order valence-corrected chi connectivity index (χ0v) is 19.2. The highest BCUT2D eigenvalue weighted by molar-refractivity contribution is 7.99. The molecule has 0 radical (unpaired) electrons. The first kappa shape index (κ1) is 21.1. The van der Waals surface area contributed by atoms with Gasteiger partial charge in [-0.05, 0) is 59.6 Å². The van der Waals surface area contributed by atoms with Crippen LogP contribution >= 0.6 is 23.7 Å². The molecule has 5 heteroatoms. The molecule has 0 atom stereocenters. The highest BCUT2D eigenvalue weighted by Crippen LogP contribution is 2.33. The molecule has 0 bridgehead atoms. The molecule has 0 aromatic heterocycles. The van der Waals surface area contributed by atoms with Gasteiger partial charge < -0.3 is 4.74 Å². The monoisotopic (exact) mass is 428 g/mol. The minimum absolute atomic E-state index is 0.681. The molecule has 1 saturated heterocycles. The van der Waals surface area contributed by atoms with Crippen LogP contribution in [0.2, 0.25) is 0 Å². The number of rotatable bonds is 8. The van der Waals surface area contributed by atoms with Crippen molar-refractivity contribution in [1.82, 2.24) is 9.21 Å². The molecule has 2 aromatic rings. The van der Waals surface area contributed by atoms with Crippen LogP contribution in [-0.4, -0.2) is 40.9 Å². The fraction of sp³-hybridized carbons (Fsp3) is 0.500. The molecule has 0 unspecified atom stereocenters. The fourth-order valence-corrected chi connectivity index (χ4v) is 5.67. The van der Waals surface area contributed by atoms with Crippen molar-refractivity contribution in [3.8, 4) is 5.75 Å². The van der Waals surface area contributed by atoms with E-state index < -0.39 is 0 Å². The lowest BCUT2D eigenvalue weighted by atomic mass is 9.99. The van der Waals surface area contributed by atoms with E-state index in [0.29, 0.717) is 5.92 Å². The van der Waals surface area contributed by atoms with Gasteiger partial charge in [0.1, 0.15) is 5.75 Å². The van der Waals surface area contributed by atoms with E-state index in [4.69, 9.17) is 4.74 Å². The van der Waals surface area contributed by atoms with Crippen molar-refractivity contribution >= 4 is 23.7 Å². The van der Waals surface area contributed by atoms with E-state index in [1.54, 1.807) is 0 Å². The minimum atomic E-state index is 0.681. The van der Waals surface area contributed by atoms with E-state index in [9.17, 15) is 0 Å². The lowest BCUT2D eigenvalue weighted by molar-refractivity contribution is 0.188. The third-order valence-corrected chi connectivity index (χ3v) is 7.73. The van der Waals surface area contributed by atoms with Crippen molar-refractivity contribution < 1.29 is 4.74 Å². The molecule has 2 aliphatic heterocycles. The van der Waals surface area contributed by atoms with Crippen LogP contribution in [0.3, 0.4) is 0 Å². The third kappa shape index (κ3) is 5.52. The Morgan fingerprint density at radius 2 is 1.76 bits per heavy atom. The molecule has 2 aromatic carbocycles. The van der Waals surface area contributed by atoms with Crippen LogP contribution in [0.25, 0.3) is 0 Å². The van der Waals surface area contributed by atoms with Crippen molar-refractivity contribution in [2.75, 3.05) is 31.7 Å². The third-order valence-electron chi connectivity index (χ3n) is 5.93. The molecule has 0 spiro atoms. The Hall–Kier alpha value is -1.14. The number of hydrogen-bond donors (Lipinski definition) is 0. The minimum Gasteiger partial charge on any atom is -0.492 e. The lowest BCUT2D eigenvalue weighted by Gasteiger charge is -2.30. The summed E-state index contributed by atoms with van der Waals surface area (Å²) in [6.07, 6.45) is 4.66. The molecule has 2 heterocycles. The zero-order valence-electron chi connectivity index (χ0n) is 17.6. The number of ether oxygens (including phenoxy) is 1. The first-order valence-electron chi connectivity index (χ1n) is 10.7. The Morgan fingerprint density at radius 3 is 2.41 bits per heavy atom. The van der Waals surface area contributed by atoms with Gasteiger partial charge >= 0.3 is 0 Å². The maximum Gasteiger partial charge on any atom is 0.132 e. The van der Waals surface area contributed by atoms with Gasteiger partial charge in [-0.3, -0.25) is 9.21 Å². The number of fused-ring (bicyclic) bond motifs is 1. The maximum atomic E-state index is 6.31. The standard InChI is InChI=1S/C24H32N2OS2/c1-3-29-24-14-20(15-25-16-21-6-4-5-7-22(21)17-25)8-9-23(24)27-18-19-10-12-26(28-2)13-11-19/h4-9,14,19H,3,10-13,15-18H2,1-2H3. The number of nitrogens with zero attached hydrogens (tertiary/aromatic N) is 2. The van der Waals surface area contributed by atoms with Gasteiger partial charge in [-0.2, -0.15) is 0 Å². The van der Waals surface area contributed by atoms with Crippen molar-refractivity contribution in [3.63, 3.8) is 0 Å². The van der Waals surface area contributed by atoms with Gasteiger partial charge in [-0.1, -0.05) is 49.2 Å². The molecule has 0 saturated carbocycles. The molecule has 1 fully saturated rings. The van der Waals surface area contributed by atoms with Gasteiger partial charge in [-0.15, -0.1) is 11.8 Å². The van der Waals surface area contributed by atoms with Crippen LogP contribution in [0.1, 0.15) is 36.5 Å². The van der Waals surface area contributed by atoms with E-state index in [1.165, 1.54) is 47.5 Å². The summed E-state index contributed by atoms with van der Waals surface area (Å²) < 4.78 is 8.77. The topological polar surface area (TPSA) is 15.7 Å². The SMILES string of the molecule is CCSc1cc(CN2Cc3ccccc3C2)ccc1OCC1CCN(SC)CC1. The molecule has 4 rings (SSSR count). The van der Waals surface area contributed by atoms with Gasteiger partial charge in [0.2, 0.25) is 0 Å². The molecular formula is C24H32N2OS2. The molecule has 0 N–H and O–H groups in total. The largest absolute Gasteiger partial charge is 0.492 e. The van der Waals surface area contributed by atoms with E-state index in [1.807, 2.05) is 23.7 Å². The predicted molar refractivity (Wildman–Crippen MR) is 126 cm³/mol. The quantitative estimate of drug-likeness (QED) is 0.396. The van der Waals surface area contributed by atoms with Crippen molar-refractivity contribution in [2.24, 2.45) is 5.92 Å². The van der Waals surface area contributed by atoms with Gasteiger partial charge in [0.25, 0.3) is 0 Å². The van der Waals surface area contributed by atoms with Crippen LogP contribution in [0.4, 0.5) is 0 Å². The first-order chi connectivity index (χ1) is 14.2. The number of piperidine rings is 1. The van der Waals surface area contributed by atoms with Crippen molar-refractivity contribution in [1.29, 1.82) is 0 Å². The summed E-state index contributed by atoms with van der Waals surface area (Å²) in [5, 5.41) is 0. The van der Waals surface area contributed by atoms with E-state index in [0.717, 1.165) is 37.7 Å². The first-order valence-corrected chi connectivity index (χ1v) is 12.9. The highest BCUT2D eigenvalue weighted by atomic mass is 32.2.